The molecule has 0 aromatic rings. The summed E-state index contributed by atoms with van der Waals surface area (Å²) in [7, 11) is 0. The molecule has 0 aromatic carbocycles. The summed E-state index contributed by atoms with van der Waals surface area (Å²) < 4.78 is 11.5. The molecule has 0 amide bonds. The van der Waals surface area contributed by atoms with E-state index in [4.69, 9.17) is 9.47 Å². The summed E-state index contributed by atoms with van der Waals surface area (Å²) in [5.74, 6) is 0. The maximum Gasteiger partial charge on any atom is 0.0700 e. The Hall–Kier alpha value is -0.160. The third-order valence-corrected chi connectivity index (χ3v) is 4.31. The third-order valence-electron chi connectivity index (χ3n) is 4.31. The standard InChI is InChI=1S/C15H30N2O2/c1-4-14-9-17(6-8-19-14)11-15(5-7-18-12-15)10-16-13(2)3/h13-14,16H,4-12H2,1-3H3. The Balaban J connectivity index is 1.88. The molecule has 2 heterocycles. The number of ether oxygens (including phenoxy) is 2. The number of rotatable bonds is 6. The van der Waals surface area contributed by atoms with Gasteiger partial charge in [-0.1, -0.05) is 20.8 Å². The van der Waals surface area contributed by atoms with Gasteiger partial charge in [0.25, 0.3) is 0 Å². The summed E-state index contributed by atoms with van der Waals surface area (Å²) in [6, 6.07) is 0.547. The van der Waals surface area contributed by atoms with Crippen LogP contribution in [0.3, 0.4) is 0 Å². The summed E-state index contributed by atoms with van der Waals surface area (Å²) >= 11 is 0. The van der Waals surface area contributed by atoms with Crippen LogP contribution in [0.15, 0.2) is 0 Å². The topological polar surface area (TPSA) is 33.7 Å². The van der Waals surface area contributed by atoms with Crippen LogP contribution in [0.4, 0.5) is 0 Å². The van der Waals surface area contributed by atoms with Crippen molar-refractivity contribution in [3.05, 3.63) is 0 Å². The summed E-state index contributed by atoms with van der Waals surface area (Å²) in [4.78, 5) is 2.58. The average molecular weight is 270 g/mol. The van der Waals surface area contributed by atoms with Gasteiger partial charge in [-0.05, 0) is 12.8 Å². The second-order valence-electron chi connectivity index (χ2n) is 6.47. The van der Waals surface area contributed by atoms with Crippen LogP contribution in [-0.2, 0) is 9.47 Å². The predicted octanol–water partition coefficient (Wildman–Crippen LogP) is 1.50. The van der Waals surface area contributed by atoms with Gasteiger partial charge in [-0.2, -0.15) is 0 Å². The lowest BCUT2D eigenvalue weighted by Crippen LogP contribution is -2.51. The van der Waals surface area contributed by atoms with Crippen molar-refractivity contribution in [2.75, 3.05) is 46.0 Å². The van der Waals surface area contributed by atoms with Crippen LogP contribution < -0.4 is 5.32 Å². The SMILES string of the molecule is CCC1CN(CC2(CNC(C)C)CCOC2)CCO1. The largest absolute Gasteiger partial charge is 0.381 e. The maximum absolute atomic E-state index is 5.76. The number of hydrogen-bond donors (Lipinski definition) is 1. The van der Waals surface area contributed by atoms with Gasteiger partial charge in [0, 0.05) is 44.2 Å². The molecule has 1 N–H and O–H groups in total. The van der Waals surface area contributed by atoms with Gasteiger partial charge < -0.3 is 14.8 Å². The van der Waals surface area contributed by atoms with Crippen LogP contribution in [0.1, 0.15) is 33.6 Å². The number of hydrogen-bond acceptors (Lipinski definition) is 4. The van der Waals surface area contributed by atoms with E-state index in [0.717, 1.165) is 52.4 Å². The Morgan fingerprint density at radius 3 is 2.84 bits per heavy atom. The molecule has 0 spiro atoms. The molecule has 4 heteroatoms. The molecule has 112 valence electrons. The van der Waals surface area contributed by atoms with Crippen LogP contribution in [0.25, 0.3) is 0 Å². The van der Waals surface area contributed by atoms with E-state index in [1.54, 1.807) is 0 Å². The molecular formula is C15H30N2O2. The maximum atomic E-state index is 5.76. The van der Waals surface area contributed by atoms with Crippen molar-refractivity contribution in [2.45, 2.75) is 45.8 Å². The fourth-order valence-electron chi connectivity index (χ4n) is 3.04. The molecule has 2 fully saturated rings. The first kappa shape index (κ1) is 15.2. The van der Waals surface area contributed by atoms with Crippen molar-refractivity contribution in [2.24, 2.45) is 5.41 Å². The number of nitrogens with zero attached hydrogens (tertiary/aromatic N) is 1. The Morgan fingerprint density at radius 2 is 2.21 bits per heavy atom. The van der Waals surface area contributed by atoms with Gasteiger partial charge in [-0.25, -0.2) is 0 Å². The lowest BCUT2D eigenvalue weighted by Gasteiger charge is -2.39. The molecule has 19 heavy (non-hydrogen) atoms. The quantitative estimate of drug-likeness (QED) is 0.793. The van der Waals surface area contributed by atoms with Gasteiger partial charge in [-0.3, -0.25) is 4.90 Å². The Bertz CT molecular complexity index is 265. The molecule has 0 radical (unpaired) electrons. The van der Waals surface area contributed by atoms with Crippen molar-refractivity contribution >= 4 is 0 Å². The van der Waals surface area contributed by atoms with Crippen LogP contribution >= 0.6 is 0 Å². The highest BCUT2D eigenvalue weighted by molar-refractivity contribution is 4.90. The van der Waals surface area contributed by atoms with Gasteiger partial charge >= 0.3 is 0 Å². The highest BCUT2D eigenvalue weighted by Crippen LogP contribution is 2.30. The molecule has 2 unspecified atom stereocenters. The first-order valence-corrected chi connectivity index (χ1v) is 7.79. The van der Waals surface area contributed by atoms with E-state index in [-0.39, 0.29) is 0 Å². The van der Waals surface area contributed by atoms with Gasteiger partial charge in [0.05, 0.1) is 19.3 Å². The minimum atomic E-state index is 0.305. The predicted molar refractivity (Wildman–Crippen MR) is 77.5 cm³/mol. The zero-order valence-corrected chi connectivity index (χ0v) is 12.8. The van der Waals surface area contributed by atoms with Gasteiger partial charge in [0.15, 0.2) is 0 Å². The molecule has 2 rings (SSSR count). The highest BCUT2D eigenvalue weighted by Gasteiger charge is 2.37. The van der Waals surface area contributed by atoms with E-state index in [0.29, 0.717) is 17.6 Å². The minimum Gasteiger partial charge on any atom is -0.381 e. The Labute approximate surface area is 117 Å². The van der Waals surface area contributed by atoms with Crippen molar-refractivity contribution in [1.82, 2.24) is 10.2 Å². The molecule has 2 saturated heterocycles. The smallest absolute Gasteiger partial charge is 0.0700 e. The fraction of sp³-hybridized carbons (Fsp3) is 1.00. The van der Waals surface area contributed by atoms with E-state index < -0.39 is 0 Å². The number of nitrogens with one attached hydrogen (secondary N) is 1. The van der Waals surface area contributed by atoms with E-state index in [2.05, 4.69) is 31.0 Å². The summed E-state index contributed by atoms with van der Waals surface area (Å²) in [5.41, 5.74) is 0.305. The van der Waals surface area contributed by atoms with Crippen molar-refractivity contribution < 1.29 is 9.47 Å². The van der Waals surface area contributed by atoms with Crippen molar-refractivity contribution in [3.63, 3.8) is 0 Å². The summed E-state index contributed by atoms with van der Waals surface area (Å²) in [6.45, 7) is 13.7. The van der Waals surface area contributed by atoms with Crippen LogP contribution in [0.2, 0.25) is 0 Å². The van der Waals surface area contributed by atoms with Gasteiger partial charge in [0.2, 0.25) is 0 Å². The second kappa shape index (κ2) is 7.02. The Kier molecular flexibility index (Phi) is 5.63. The minimum absolute atomic E-state index is 0.305. The van der Waals surface area contributed by atoms with Crippen molar-refractivity contribution in [1.29, 1.82) is 0 Å². The zero-order chi connectivity index (χ0) is 13.7. The lowest BCUT2D eigenvalue weighted by molar-refractivity contribution is -0.0433. The first-order valence-electron chi connectivity index (χ1n) is 7.79. The Morgan fingerprint density at radius 1 is 1.37 bits per heavy atom. The van der Waals surface area contributed by atoms with Crippen LogP contribution in [0.5, 0.6) is 0 Å². The molecule has 0 bridgehead atoms. The van der Waals surface area contributed by atoms with Gasteiger partial charge in [0.1, 0.15) is 0 Å². The van der Waals surface area contributed by atoms with E-state index in [1.165, 1.54) is 6.42 Å². The van der Waals surface area contributed by atoms with E-state index in [1.807, 2.05) is 0 Å². The van der Waals surface area contributed by atoms with E-state index in [9.17, 15) is 0 Å². The molecule has 2 aliphatic rings. The summed E-state index contributed by atoms with van der Waals surface area (Å²) in [6.07, 6.45) is 2.72. The van der Waals surface area contributed by atoms with E-state index >= 15 is 0 Å². The molecule has 2 aliphatic heterocycles. The van der Waals surface area contributed by atoms with Crippen molar-refractivity contribution in [3.8, 4) is 0 Å². The first-order chi connectivity index (χ1) is 9.13. The summed E-state index contributed by atoms with van der Waals surface area (Å²) in [5, 5.41) is 3.61. The molecule has 0 aromatic heterocycles. The molecule has 4 nitrogen and oxygen atoms in total. The molecule has 2 atom stereocenters. The molecular weight excluding hydrogens is 240 g/mol. The average Bonchev–Trinajstić information content (AvgIpc) is 2.86. The highest BCUT2D eigenvalue weighted by atomic mass is 16.5. The van der Waals surface area contributed by atoms with Crippen LogP contribution in [-0.4, -0.2) is 63.0 Å². The fourth-order valence-corrected chi connectivity index (χ4v) is 3.04. The lowest BCUT2D eigenvalue weighted by atomic mass is 9.86. The van der Waals surface area contributed by atoms with Crippen LogP contribution in [0, 0.1) is 5.41 Å². The zero-order valence-electron chi connectivity index (χ0n) is 12.8. The monoisotopic (exact) mass is 270 g/mol. The normalized spacial score (nSPS) is 33.2. The second-order valence-corrected chi connectivity index (χ2v) is 6.47. The molecule has 0 saturated carbocycles. The third kappa shape index (κ3) is 4.42. The molecule has 0 aliphatic carbocycles. The number of morpholine rings is 1. The van der Waals surface area contributed by atoms with Gasteiger partial charge in [-0.15, -0.1) is 0 Å².